The molecule has 18 heavy (non-hydrogen) atoms. The fourth-order valence-corrected chi connectivity index (χ4v) is 1.78. The lowest BCUT2D eigenvalue weighted by molar-refractivity contribution is -0.122. The molecule has 2 amide bonds. The Morgan fingerprint density at radius 2 is 2.17 bits per heavy atom. The van der Waals surface area contributed by atoms with Gasteiger partial charge in [-0.25, -0.2) is 5.10 Å². The molecule has 1 atom stereocenters. The van der Waals surface area contributed by atoms with Gasteiger partial charge in [0.15, 0.2) is 0 Å². The number of carbonyl (C=O) groups excluding carboxylic acids is 2. The van der Waals surface area contributed by atoms with E-state index in [1.165, 1.54) is 12.1 Å². The SMILES string of the molecule is O=C(N[C@H]1CCCCNC1=O)c1ccc(=O)[nH]n1. The number of nitrogens with zero attached hydrogens (tertiary/aromatic N) is 1. The number of rotatable bonds is 2. The molecule has 1 aromatic heterocycles. The van der Waals surface area contributed by atoms with E-state index in [4.69, 9.17) is 0 Å². The van der Waals surface area contributed by atoms with Crippen molar-refractivity contribution in [3.05, 3.63) is 28.2 Å². The van der Waals surface area contributed by atoms with Crippen molar-refractivity contribution in [2.45, 2.75) is 25.3 Å². The first kappa shape index (κ1) is 12.3. The van der Waals surface area contributed by atoms with Crippen molar-refractivity contribution in [1.82, 2.24) is 20.8 Å². The minimum absolute atomic E-state index is 0.0895. The molecule has 0 aliphatic carbocycles. The molecule has 1 aliphatic heterocycles. The monoisotopic (exact) mass is 250 g/mol. The highest BCUT2D eigenvalue weighted by Gasteiger charge is 2.23. The van der Waals surface area contributed by atoms with E-state index in [0.717, 1.165) is 12.8 Å². The Bertz CT molecular complexity index is 491. The molecule has 1 fully saturated rings. The second-order valence-corrected chi connectivity index (χ2v) is 4.12. The summed E-state index contributed by atoms with van der Waals surface area (Å²) in [7, 11) is 0. The van der Waals surface area contributed by atoms with Crippen LogP contribution in [0.2, 0.25) is 0 Å². The first-order valence-electron chi connectivity index (χ1n) is 5.81. The zero-order valence-electron chi connectivity index (χ0n) is 9.73. The minimum atomic E-state index is -0.534. The van der Waals surface area contributed by atoms with Crippen LogP contribution < -0.4 is 16.2 Å². The van der Waals surface area contributed by atoms with Crippen LogP contribution in [-0.4, -0.2) is 34.6 Å². The zero-order valence-corrected chi connectivity index (χ0v) is 9.73. The smallest absolute Gasteiger partial charge is 0.272 e. The van der Waals surface area contributed by atoms with Crippen molar-refractivity contribution >= 4 is 11.8 Å². The molecule has 2 rings (SSSR count). The number of aromatic amines is 1. The van der Waals surface area contributed by atoms with Crippen molar-refractivity contribution in [2.75, 3.05) is 6.54 Å². The van der Waals surface area contributed by atoms with Gasteiger partial charge in [0.2, 0.25) is 5.91 Å². The first-order chi connectivity index (χ1) is 8.66. The van der Waals surface area contributed by atoms with Gasteiger partial charge >= 0.3 is 0 Å². The summed E-state index contributed by atoms with van der Waals surface area (Å²) in [6.45, 7) is 0.641. The predicted molar refractivity (Wildman–Crippen MR) is 63.0 cm³/mol. The molecule has 1 saturated heterocycles. The van der Waals surface area contributed by atoms with Gasteiger partial charge in [0, 0.05) is 12.6 Å². The Labute approximate surface area is 103 Å². The molecule has 0 bridgehead atoms. The molecule has 7 nitrogen and oxygen atoms in total. The summed E-state index contributed by atoms with van der Waals surface area (Å²) < 4.78 is 0. The maximum absolute atomic E-state index is 11.8. The van der Waals surface area contributed by atoms with Crippen LogP contribution in [0.3, 0.4) is 0 Å². The molecule has 96 valence electrons. The fraction of sp³-hybridized carbons (Fsp3) is 0.455. The van der Waals surface area contributed by atoms with Gasteiger partial charge in [-0.3, -0.25) is 14.4 Å². The average molecular weight is 250 g/mol. The van der Waals surface area contributed by atoms with Crippen molar-refractivity contribution in [3.63, 3.8) is 0 Å². The quantitative estimate of drug-likeness (QED) is 0.637. The molecule has 7 heteroatoms. The number of carbonyl (C=O) groups is 2. The minimum Gasteiger partial charge on any atom is -0.354 e. The number of hydrogen-bond acceptors (Lipinski definition) is 4. The first-order valence-corrected chi connectivity index (χ1v) is 5.81. The van der Waals surface area contributed by atoms with Crippen molar-refractivity contribution in [1.29, 1.82) is 0 Å². The van der Waals surface area contributed by atoms with Crippen molar-refractivity contribution in [3.8, 4) is 0 Å². The summed E-state index contributed by atoms with van der Waals surface area (Å²) in [6, 6.07) is 2.01. The van der Waals surface area contributed by atoms with Crippen molar-refractivity contribution < 1.29 is 9.59 Å². The predicted octanol–water partition coefficient (Wildman–Crippen LogP) is -0.832. The molecule has 1 aromatic rings. The van der Waals surface area contributed by atoms with Gasteiger partial charge in [0.05, 0.1) is 0 Å². The fourth-order valence-electron chi connectivity index (χ4n) is 1.78. The molecule has 0 unspecified atom stereocenters. The average Bonchev–Trinajstić information content (AvgIpc) is 2.56. The second-order valence-electron chi connectivity index (χ2n) is 4.12. The normalized spacial score (nSPS) is 19.8. The highest BCUT2D eigenvalue weighted by molar-refractivity contribution is 5.95. The van der Waals surface area contributed by atoms with Crippen LogP contribution in [0.5, 0.6) is 0 Å². The molecular formula is C11H14N4O3. The van der Waals surface area contributed by atoms with Gasteiger partial charge in [-0.1, -0.05) is 0 Å². The van der Waals surface area contributed by atoms with Gasteiger partial charge in [-0.15, -0.1) is 0 Å². The largest absolute Gasteiger partial charge is 0.354 e. The summed E-state index contributed by atoms with van der Waals surface area (Å²) in [5.41, 5.74) is -0.287. The summed E-state index contributed by atoms with van der Waals surface area (Å²) in [5.74, 6) is -0.640. The van der Waals surface area contributed by atoms with Crippen LogP contribution in [0.25, 0.3) is 0 Å². The van der Waals surface area contributed by atoms with E-state index >= 15 is 0 Å². The topological polar surface area (TPSA) is 104 Å². The van der Waals surface area contributed by atoms with Crippen LogP contribution in [-0.2, 0) is 4.79 Å². The van der Waals surface area contributed by atoms with E-state index in [2.05, 4.69) is 20.8 Å². The van der Waals surface area contributed by atoms with E-state index in [1.807, 2.05) is 0 Å². The number of amides is 2. The van der Waals surface area contributed by atoms with E-state index in [9.17, 15) is 14.4 Å². The molecule has 1 aliphatic rings. The summed E-state index contributed by atoms with van der Waals surface area (Å²) in [6.07, 6.45) is 2.40. The number of nitrogens with one attached hydrogen (secondary N) is 3. The number of hydrogen-bond donors (Lipinski definition) is 3. The number of H-pyrrole nitrogens is 1. The second kappa shape index (κ2) is 5.44. The lowest BCUT2D eigenvalue weighted by Crippen LogP contribution is -2.45. The Morgan fingerprint density at radius 3 is 2.89 bits per heavy atom. The summed E-state index contributed by atoms with van der Waals surface area (Å²) >= 11 is 0. The van der Waals surface area contributed by atoms with Gasteiger partial charge < -0.3 is 10.6 Å². The van der Waals surface area contributed by atoms with Crippen LogP contribution >= 0.6 is 0 Å². The maximum Gasteiger partial charge on any atom is 0.272 e. The molecule has 0 radical (unpaired) electrons. The van der Waals surface area contributed by atoms with Gasteiger partial charge in [-0.2, -0.15) is 5.10 Å². The molecule has 0 spiro atoms. The molecule has 0 aromatic carbocycles. The highest BCUT2D eigenvalue weighted by atomic mass is 16.2. The molecule has 0 saturated carbocycles. The third-order valence-corrected chi connectivity index (χ3v) is 2.75. The van der Waals surface area contributed by atoms with Crippen LogP contribution in [0, 0.1) is 0 Å². The van der Waals surface area contributed by atoms with E-state index in [0.29, 0.717) is 13.0 Å². The van der Waals surface area contributed by atoms with Gasteiger partial charge in [-0.05, 0) is 25.3 Å². The molecule has 2 heterocycles. The van der Waals surface area contributed by atoms with Crippen LogP contribution in [0.4, 0.5) is 0 Å². The Balaban J connectivity index is 2.03. The van der Waals surface area contributed by atoms with Crippen molar-refractivity contribution in [2.24, 2.45) is 0 Å². The lowest BCUT2D eigenvalue weighted by atomic mass is 10.1. The van der Waals surface area contributed by atoms with Crippen LogP contribution in [0.15, 0.2) is 16.9 Å². The van der Waals surface area contributed by atoms with E-state index < -0.39 is 11.9 Å². The van der Waals surface area contributed by atoms with E-state index in [-0.39, 0.29) is 17.2 Å². The third-order valence-electron chi connectivity index (χ3n) is 2.75. The lowest BCUT2D eigenvalue weighted by Gasteiger charge is -2.14. The zero-order chi connectivity index (χ0) is 13.0. The third kappa shape index (κ3) is 2.93. The highest BCUT2D eigenvalue weighted by Crippen LogP contribution is 2.05. The summed E-state index contributed by atoms with van der Waals surface area (Å²) in [5, 5.41) is 11.1. The maximum atomic E-state index is 11.8. The molecule has 3 N–H and O–H groups in total. The van der Waals surface area contributed by atoms with E-state index in [1.54, 1.807) is 0 Å². The van der Waals surface area contributed by atoms with Crippen LogP contribution in [0.1, 0.15) is 29.8 Å². The summed E-state index contributed by atoms with van der Waals surface area (Å²) in [4.78, 5) is 34.3. The van der Waals surface area contributed by atoms with Gasteiger partial charge in [0.25, 0.3) is 11.5 Å². The Kier molecular flexibility index (Phi) is 3.71. The molecular weight excluding hydrogens is 236 g/mol. The Hall–Kier alpha value is -2.18. The van der Waals surface area contributed by atoms with Gasteiger partial charge in [0.1, 0.15) is 11.7 Å². The Morgan fingerprint density at radius 1 is 1.33 bits per heavy atom. The number of aromatic nitrogens is 2. The standard InChI is InChI=1S/C11H14N4O3/c16-9-5-4-8(14-15-9)11(18)13-7-3-1-2-6-12-10(7)17/h4-5,7H,1-3,6H2,(H,12,17)(H,13,18)(H,15,16)/t7-/m0/s1.